The van der Waals surface area contributed by atoms with Crippen LogP contribution in [0.25, 0.3) is 0 Å². The molecule has 1 aliphatic rings. The summed E-state index contributed by atoms with van der Waals surface area (Å²) in [7, 11) is 0. The number of hydrogen-bond acceptors (Lipinski definition) is 6. The van der Waals surface area contributed by atoms with Crippen molar-refractivity contribution >= 4 is 17.6 Å². The van der Waals surface area contributed by atoms with Crippen molar-refractivity contribution in [1.82, 2.24) is 19.4 Å². The maximum Gasteiger partial charge on any atom is 0.255 e. The third-order valence-corrected chi connectivity index (χ3v) is 6.99. The van der Waals surface area contributed by atoms with Crippen molar-refractivity contribution in [3.05, 3.63) is 119 Å². The fourth-order valence-corrected chi connectivity index (χ4v) is 4.61. The Morgan fingerprint density at radius 3 is 2.32 bits per heavy atom. The minimum Gasteiger partial charge on any atom is -0.456 e. The van der Waals surface area contributed by atoms with Gasteiger partial charge in [0.15, 0.2) is 0 Å². The normalized spacial score (nSPS) is 14.3. The van der Waals surface area contributed by atoms with Crippen LogP contribution >= 0.6 is 0 Å². The zero-order valence-corrected chi connectivity index (χ0v) is 22.6. The molecule has 3 heterocycles. The van der Waals surface area contributed by atoms with Crippen LogP contribution < -0.4 is 15.6 Å². The number of rotatable bonds is 8. The van der Waals surface area contributed by atoms with Crippen LogP contribution in [0.3, 0.4) is 0 Å². The molecule has 1 aliphatic heterocycles. The second-order valence-corrected chi connectivity index (χ2v) is 9.80. The van der Waals surface area contributed by atoms with Crippen molar-refractivity contribution in [3.63, 3.8) is 0 Å². The second kappa shape index (κ2) is 12.6. The van der Waals surface area contributed by atoms with Gasteiger partial charge in [-0.15, -0.1) is 0 Å². The van der Waals surface area contributed by atoms with Gasteiger partial charge in [0.05, 0.1) is 24.3 Å². The third-order valence-electron chi connectivity index (χ3n) is 6.99. The first kappa shape index (κ1) is 27.7. The van der Waals surface area contributed by atoms with Crippen molar-refractivity contribution in [2.45, 2.75) is 19.5 Å². The van der Waals surface area contributed by atoms with Gasteiger partial charge in [-0.05, 0) is 55.0 Å². The molecule has 0 bridgehead atoms. The van der Waals surface area contributed by atoms with E-state index >= 15 is 0 Å². The molecule has 2 aromatic carbocycles. The molecule has 1 atom stereocenters. The van der Waals surface area contributed by atoms with Crippen LogP contribution in [0.1, 0.15) is 22.8 Å². The molecule has 10 heteroatoms. The fourth-order valence-electron chi connectivity index (χ4n) is 4.61. The van der Waals surface area contributed by atoms with Crippen LogP contribution in [0.15, 0.2) is 96.1 Å². The zero-order valence-electron chi connectivity index (χ0n) is 22.6. The lowest BCUT2D eigenvalue weighted by molar-refractivity contribution is -0.121. The fraction of sp³-hybridized carbons (Fsp3) is 0.226. The summed E-state index contributed by atoms with van der Waals surface area (Å²) in [5.41, 5.74) is 1.27. The van der Waals surface area contributed by atoms with Gasteiger partial charge in [-0.3, -0.25) is 19.3 Å². The summed E-state index contributed by atoms with van der Waals surface area (Å²) in [5.74, 6) is 0.614. The van der Waals surface area contributed by atoms with E-state index in [9.17, 15) is 18.8 Å². The number of pyridine rings is 2. The molecular formula is C31H30FN5O4. The summed E-state index contributed by atoms with van der Waals surface area (Å²) in [6, 6.07) is 21.1. The SMILES string of the molecule is CC(C(=O)Nc1ccc(Oc2ccc(F)cc2)cn1)N1CCN(C(=O)c2ccc(=O)n(Cc3ccccc3)c2)CC1. The number of carbonyl (C=O) groups excluding carboxylic acids is 2. The van der Waals surface area contributed by atoms with E-state index in [4.69, 9.17) is 4.74 Å². The molecule has 0 radical (unpaired) electrons. The summed E-state index contributed by atoms with van der Waals surface area (Å²) in [6.07, 6.45) is 3.10. The molecule has 2 amide bonds. The zero-order chi connectivity index (χ0) is 28.8. The van der Waals surface area contributed by atoms with E-state index in [1.54, 1.807) is 33.9 Å². The first-order valence-electron chi connectivity index (χ1n) is 13.3. The first-order chi connectivity index (χ1) is 19.9. The molecule has 0 aliphatic carbocycles. The Hall–Kier alpha value is -4.83. The topological polar surface area (TPSA) is 96.8 Å². The van der Waals surface area contributed by atoms with E-state index in [-0.39, 0.29) is 23.2 Å². The Balaban J connectivity index is 1.13. The lowest BCUT2D eigenvalue weighted by Crippen LogP contribution is -2.54. The molecule has 0 spiro atoms. The highest BCUT2D eigenvalue weighted by Gasteiger charge is 2.28. The lowest BCUT2D eigenvalue weighted by Gasteiger charge is -2.37. The van der Waals surface area contributed by atoms with E-state index in [2.05, 4.69) is 10.3 Å². The van der Waals surface area contributed by atoms with Crippen molar-refractivity contribution < 1.29 is 18.7 Å². The Morgan fingerprint density at radius 1 is 0.927 bits per heavy atom. The number of benzene rings is 2. The monoisotopic (exact) mass is 555 g/mol. The molecule has 4 aromatic rings. The molecule has 1 N–H and O–H groups in total. The van der Waals surface area contributed by atoms with Gasteiger partial charge in [-0.25, -0.2) is 9.37 Å². The van der Waals surface area contributed by atoms with Gasteiger partial charge in [-0.2, -0.15) is 0 Å². The molecule has 1 saturated heterocycles. The highest BCUT2D eigenvalue weighted by Crippen LogP contribution is 2.22. The Labute approximate surface area is 236 Å². The van der Waals surface area contributed by atoms with Crippen LogP contribution in [0.2, 0.25) is 0 Å². The van der Waals surface area contributed by atoms with Crippen LogP contribution in [-0.4, -0.2) is 63.4 Å². The van der Waals surface area contributed by atoms with Crippen molar-refractivity contribution in [1.29, 1.82) is 0 Å². The summed E-state index contributed by atoms with van der Waals surface area (Å²) >= 11 is 0. The minimum absolute atomic E-state index is 0.143. The number of hydrogen-bond donors (Lipinski definition) is 1. The number of anilines is 1. The van der Waals surface area contributed by atoms with E-state index in [0.717, 1.165) is 5.56 Å². The van der Waals surface area contributed by atoms with E-state index in [1.807, 2.05) is 42.2 Å². The average molecular weight is 556 g/mol. The van der Waals surface area contributed by atoms with Crippen molar-refractivity contribution in [3.8, 4) is 11.5 Å². The van der Waals surface area contributed by atoms with Gasteiger partial charge in [0.1, 0.15) is 23.1 Å². The van der Waals surface area contributed by atoms with Gasteiger partial charge in [0, 0.05) is 38.4 Å². The predicted molar refractivity (Wildman–Crippen MR) is 153 cm³/mol. The molecule has 1 unspecified atom stereocenters. The van der Waals surface area contributed by atoms with E-state index < -0.39 is 6.04 Å². The maximum atomic E-state index is 13.2. The van der Waals surface area contributed by atoms with Crippen molar-refractivity contribution in [2.24, 2.45) is 0 Å². The number of halogens is 1. The molecule has 0 saturated carbocycles. The standard InChI is InChI=1S/C31H30FN5O4/c1-22(30(39)34-28-13-12-27(19-33-28)41-26-10-8-25(32)9-11-26)35-15-17-36(18-16-35)31(40)24-7-14-29(38)37(21-24)20-23-5-3-2-4-6-23/h2-14,19,21-22H,15-18,20H2,1H3,(H,33,34,39). The molecule has 210 valence electrons. The number of nitrogens with one attached hydrogen (secondary N) is 1. The Bertz CT molecular complexity index is 1550. The number of amides is 2. The number of piperazine rings is 1. The summed E-state index contributed by atoms with van der Waals surface area (Å²) in [6.45, 7) is 4.19. The summed E-state index contributed by atoms with van der Waals surface area (Å²) in [4.78, 5) is 46.5. The van der Waals surface area contributed by atoms with Gasteiger partial charge >= 0.3 is 0 Å². The van der Waals surface area contributed by atoms with Gasteiger partial charge in [-0.1, -0.05) is 30.3 Å². The quantitative estimate of drug-likeness (QED) is 0.353. The largest absolute Gasteiger partial charge is 0.456 e. The molecule has 41 heavy (non-hydrogen) atoms. The summed E-state index contributed by atoms with van der Waals surface area (Å²) in [5, 5.41) is 2.82. The predicted octanol–water partition coefficient (Wildman–Crippen LogP) is 4.01. The van der Waals surface area contributed by atoms with Crippen LogP contribution in [0.5, 0.6) is 11.5 Å². The van der Waals surface area contributed by atoms with Crippen LogP contribution in [0, 0.1) is 5.82 Å². The second-order valence-electron chi connectivity index (χ2n) is 9.80. The molecule has 1 fully saturated rings. The van der Waals surface area contributed by atoms with Gasteiger partial charge in [0.25, 0.3) is 11.5 Å². The van der Waals surface area contributed by atoms with Crippen molar-refractivity contribution in [2.75, 3.05) is 31.5 Å². The molecule has 2 aromatic heterocycles. The van der Waals surface area contributed by atoms with Gasteiger partial charge < -0.3 is 19.5 Å². The average Bonchev–Trinajstić information content (AvgIpc) is 3.00. The Morgan fingerprint density at radius 2 is 1.63 bits per heavy atom. The minimum atomic E-state index is -0.433. The highest BCUT2D eigenvalue weighted by molar-refractivity contribution is 5.94. The maximum absolute atomic E-state index is 13.2. The first-order valence-corrected chi connectivity index (χ1v) is 13.3. The smallest absolute Gasteiger partial charge is 0.255 e. The summed E-state index contributed by atoms with van der Waals surface area (Å²) < 4.78 is 20.3. The van der Waals surface area contributed by atoms with Crippen LogP contribution in [-0.2, 0) is 11.3 Å². The number of aromatic nitrogens is 2. The Kier molecular flexibility index (Phi) is 8.50. The molecule has 5 rings (SSSR count). The van der Waals surface area contributed by atoms with E-state index in [0.29, 0.717) is 55.6 Å². The highest BCUT2D eigenvalue weighted by atomic mass is 19.1. The van der Waals surface area contributed by atoms with E-state index in [1.165, 1.54) is 36.5 Å². The third kappa shape index (κ3) is 7.03. The number of ether oxygens (including phenoxy) is 1. The van der Waals surface area contributed by atoms with Gasteiger partial charge in [0.2, 0.25) is 5.91 Å². The number of carbonyl (C=O) groups is 2. The lowest BCUT2D eigenvalue weighted by atomic mass is 10.1. The van der Waals surface area contributed by atoms with Crippen LogP contribution in [0.4, 0.5) is 10.2 Å². The number of nitrogens with zero attached hydrogens (tertiary/aromatic N) is 4. The molecular weight excluding hydrogens is 525 g/mol. The molecule has 9 nitrogen and oxygen atoms in total.